The molecule has 2 aromatic heterocycles. The standard InChI is InChI=1S/C19H20ClN3O3S/c1-11(2)26-15-13-16(20)21-19(27-4)22-17(13)23(3)14(15)18(24)25-10-12-8-6-5-7-9-12/h5-9,11H,10H2,1-4H3. The lowest BCUT2D eigenvalue weighted by Crippen LogP contribution is -2.14. The first-order chi connectivity index (χ1) is 12.9. The van der Waals surface area contributed by atoms with Gasteiger partial charge in [-0.3, -0.25) is 0 Å². The van der Waals surface area contributed by atoms with Crippen LogP contribution in [0.2, 0.25) is 5.15 Å². The average molecular weight is 406 g/mol. The van der Waals surface area contributed by atoms with Crippen LogP contribution in [0.15, 0.2) is 35.5 Å². The number of rotatable bonds is 6. The second kappa shape index (κ2) is 8.19. The maximum absolute atomic E-state index is 12.9. The minimum Gasteiger partial charge on any atom is -0.488 e. The van der Waals surface area contributed by atoms with E-state index in [1.54, 1.807) is 11.6 Å². The third-order valence-corrected chi connectivity index (χ3v) is 4.68. The normalized spacial score (nSPS) is 11.2. The van der Waals surface area contributed by atoms with Gasteiger partial charge in [0.2, 0.25) is 0 Å². The van der Waals surface area contributed by atoms with Gasteiger partial charge in [-0.1, -0.05) is 53.7 Å². The SMILES string of the molecule is CSc1nc(Cl)c2c(OC(C)C)c(C(=O)OCc3ccccc3)n(C)c2n1. The van der Waals surface area contributed by atoms with Crippen molar-refractivity contribution in [2.75, 3.05) is 6.26 Å². The molecule has 2 heterocycles. The van der Waals surface area contributed by atoms with Gasteiger partial charge in [0.15, 0.2) is 16.6 Å². The fourth-order valence-corrected chi connectivity index (χ4v) is 3.34. The van der Waals surface area contributed by atoms with E-state index in [4.69, 9.17) is 21.1 Å². The van der Waals surface area contributed by atoms with Crippen LogP contribution >= 0.6 is 23.4 Å². The Kier molecular flexibility index (Phi) is 5.92. The monoisotopic (exact) mass is 405 g/mol. The van der Waals surface area contributed by atoms with E-state index in [-0.39, 0.29) is 23.6 Å². The molecule has 0 amide bonds. The molecule has 8 heteroatoms. The molecule has 0 saturated heterocycles. The Morgan fingerprint density at radius 2 is 1.96 bits per heavy atom. The molecule has 0 atom stereocenters. The molecule has 27 heavy (non-hydrogen) atoms. The van der Waals surface area contributed by atoms with E-state index in [0.717, 1.165) is 5.56 Å². The van der Waals surface area contributed by atoms with Crippen molar-refractivity contribution in [2.45, 2.75) is 31.7 Å². The van der Waals surface area contributed by atoms with E-state index in [1.807, 2.05) is 50.4 Å². The van der Waals surface area contributed by atoms with Gasteiger partial charge >= 0.3 is 5.97 Å². The molecule has 142 valence electrons. The van der Waals surface area contributed by atoms with Crippen LogP contribution in [-0.4, -0.2) is 32.9 Å². The minimum atomic E-state index is -0.503. The second-order valence-electron chi connectivity index (χ2n) is 6.16. The summed E-state index contributed by atoms with van der Waals surface area (Å²) in [5, 5.41) is 1.28. The smallest absolute Gasteiger partial charge is 0.359 e. The van der Waals surface area contributed by atoms with Gasteiger partial charge in [-0.2, -0.15) is 0 Å². The molecule has 3 aromatic rings. The van der Waals surface area contributed by atoms with Gasteiger partial charge in [-0.05, 0) is 25.7 Å². The summed E-state index contributed by atoms with van der Waals surface area (Å²) in [5.74, 6) is -0.157. The molecule has 3 rings (SSSR count). The Labute approximate surface area is 166 Å². The Hall–Kier alpha value is -2.25. The number of esters is 1. The van der Waals surface area contributed by atoms with Crippen LogP contribution in [0.25, 0.3) is 11.0 Å². The fraction of sp³-hybridized carbons (Fsp3) is 0.316. The van der Waals surface area contributed by atoms with Crippen LogP contribution in [0.4, 0.5) is 0 Å². The molecule has 0 radical (unpaired) electrons. The molecule has 0 unspecified atom stereocenters. The Morgan fingerprint density at radius 3 is 2.59 bits per heavy atom. The number of thioether (sulfide) groups is 1. The van der Waals surface area contributed by atoms with Crippen LogP contribution in [0.1, 0.15) is 29.9 Å². The van der Waals surface area contributed by atoms with E-state index in [0.29, 0.717) is 21.9 Å². The van der Waals surface area contributed by atoms with Crippen molar-refractivity contribution in [3.63, 3.8) is 0 Å². The van der Waals surface area contributed by atoms with Crippen molar-refractivity contribution in [1.82, 2.24) is 14.5 Å². The summed E-state index contributed by atoms with van der Waals surface area (Å²) in [4.78, 5) is 21.6. The predicted octanol–water partition coefficient (Wildman–Crippen LogP) is 4.49. The highest BCUT2D eigenvalue weighted by molar-refractivity contribution is 7.98. The summed E-state index contributed by atoms with van der Waals surface area (Å²) in [7, 11) is 1.74. The Bertz CT molecular complexity index is 973. The fourth-order valence-electron chi connectivity index (χ4n) is 2.68. The third kappa shape index (κ3) is 4.04. The first kappa shape index (κ1) is 19.5. The van der Waals surface area contributed by atoms with Crippen LogP contribution in [0.5, 0.6) is 5.75 Å². The molecule has 0 aliphatic carbocycles. The second-order valence-corrected chi connectivity index (χ2v) is 7.30. The topological polar surface area (TPSA) is 66.2 Å². The average Bonchev–Trinajstić information content (AvgIpc) is 2.92. The zero-order chi connectivity index (χ0) is 19.6. The molecule has 0 saturated carbocycles. The number of hydrogen-bond donors (Lipinski definition) is 0. The van der Waals surface area contributed by atoms with E-state index >= 15 is 0 Å². The van der Waals surface area contributed by atoms with Gasteiger partial charge < -0.3 is 14.0 Å². The molecular formula is C19H20ClN3O3S. The van der Waals surface area contributed by atoms with Crippen molar-refractivity contribution in [3.05, 3.63) is 46.7 Å². The van der Waals surface area contributed by atoms with Crippen molar-refractivity contribution >= 4 is 40.4 Å². The summed E-state index contributed by atoms with van der Waals surface area (Å²) in [6, 6.07) is 9.49. The Morgan fingerprint density at radius 1 is 1.26 bits per heavy atom. The summed E-state index contributed by atoms with van der Waals surface area (Å²) < 4.78 is 13.1. The molecule has 0 aliphatic rings. The van der Waals surface area contributed by atoms with Crippen LogP contribution in [0.3, 0.4) is 0 Å². The molecular weight excluding hydrogens is 386 g/mol. The predicted molar refractivity (Wildman–Crippen MR) is 107 cm³/mol. The zero-order valence-corrected chi connectivity index (χ0v) is 17.1. The largest absolute Gasteiger partial charge is 0.488 e. The van der Waals surface area contributed by atoms with Crippen molar-refractivity contribution in [3.8, 4) is 5.75 Å². The lowest BCUT2D eigenvalue weighted by Gasteiger charge is -2.12. The van der Waals surface area contributed by atoms with Gasteiger partial charge in [0.05, 0.1) is 11.5 Å². The minimum absolute atomic E-state index is 0.160. The van der Waals surface area contributed by atoms with E-state index in [9.17, 15) is 4.79 Å². The highest BCUT2D eigenvalue weighted by Gasteiger charge is 2.28. The number of benzene rings is 1. The molecule has 0 bridgehead atoms. The van der Waals surface area contributed by atoms with Crippen LogP contribution in [0, 0.1) is 0 Å². The number of aromatic nitrogens is 3. The van der Waals surface area contributed by atoms with Gasteiger partial charge in [-0.15, -0.1) is 0 Å². The number of carbonyl (C=O) groups excluding carboxylic acids is 1. The molecule has 1 aromatic carbocycles. The summed E-state index contributed by atoms with van der Waals surface area (Å²) in [5.41, 5.74) is 1.70. The van der Waals surface area contributed by atoms with Crippen molar-refractivity contribution < 1.29 is 14.3 Å². The molecule has 0 N–H and O–H groups in total. The van der Waals surface area contributed by atoms with Gasteiger partial charge in [0.1, 0.15) is 17.4 Å². The number of carbonyl (C=O) groups is 1. The van der Waals surface area contributed by atoms with Crippen molar-refractivity contribution in [1.29, 1.82) is 0 Å². The summed E-state index contributed by atoms with van der Waals surface area (Å²) in [6.45, 7) is 3.92. The molecule has 6 nitrogen and oxygen atoms in total. The molecule has 0 fully saturated rings. The van der Waals surface area contributed by atoms with Crippen molar-refractivity contribution in [2.24, 2.45) is 7.05 Å². The number of ether oxygens (including phenoxy) is 2. The highest BCUT2D eigenvalue weighted by atomic mass is 35.5. The number of aryl methyl sites for hydroxylation is 1. The number of fused-ring (bicyclic) bond motifs is 1. The number of hydrogen-bond acceptors (Lipinski definition) is 6. The lowest BCUT2D eigenvalue weighted by molar-refractivity contribution is 0.0455. The van der Waals surface area contributed by atoms with Crippen LogP contribution < -0.4 is 4.74 Å². The Balaban J connectivity index is 2.05. The van der Waals surface area contributed by atoms with Gasteiger partial charge in [-0.25, -0.2) is 14.8 Å². The number of halogens is 1. The maximum Gasteiger partial charge on any atom is 0.359 e. The molecule has 0 spiro atoms. The lowest BCUT2D eigenvalue weighted by atomic mass is 10.2. The number of nitrogens with zero attached hydrogens (tertiary/aromatic N) is 3. The van der Waals surface area contributed by atoms with E-state index < -0.39 is 5.97 Å². The first-order valence-corrected chi connectivity index (χ1v) is 10.00. The summed E-state index contributed by atoms with van der Waals surface area (Å²) >= 11 is 7.76. The summed E-state index contributed by atoms with van der Waals surface area (Å²) in [6.07, 6.45) is 1.70. The first-order valence-electron chi connectivity index (χ1n) is 8.40. The van der Waals surface area contributed by atoms with Crippen LogP contribution in [-0.2, 0) is 18.4 Å². The molecule has 0 aliphatic heterocycles. The third-order valence-electron chi connectivity index (χ3n) is 3.86. The quantitative estimate of drug-likeness (QED) is 0.260. The zero-order valence-electron chi connectivity index (χ0n) is 15.5. The van der Waals surface area contributed by atoms with Gasteiger partial charge in [0.25, 0.3) is 0 Å². The van der Waals surface area contributed by atoms with E-state index in [1.165, 1.54) is 11.8 Å². The highest BCUT2D eigenvalue weighted by Crippen LogP contribution is 2.37. The van der Waals surface area contributed by atoms with E-state index in [2.05, 4.69) is 9.97 Å². The maximum atomic E-state index is 12.9. The van der Waals surface area contributed by atoms with Gasteiger partial charge in [0, 0.05) is 7.05 Å².